The predicted octanol–water partition coefficient (Wildman–Crippen LogP) is 3.99. The van der Waals surface area contributed by atoms with Crippen molar-refractivity contribution in [2.75, 3.05) is 0 Å². The van der Waals surface area contributed by atoms with Gasteiger partial charge in [0.2, 0.25) is 0 Å². The van der Waals surface area contributed by atoms with Crippen molar-refractivity contribution in [2.45, 2.75) is 27.2 Å². The number of rotatable bonds is 2. The summed E-state index contributed by atoms with van der Waals surface area (Å²) in [5.74, 6) is -0.336. The van der Waals surface area contributed by atoms with E-state index in [9.17, 15) is 9.18 Å². The van der Waals surface area contributed by atoms with E-state index in [1.807, 2.05) is 13.8 Å². The van der Waals surface area contributed by atoms with Crippen molar-refractivity contribution in [3.05, 3.63) is 41.8 Å². The van der Waals surface area contributed by atoms with Gasteiger partial charge in [0.15, 0.2) is 5.78 Å². The number of Topliss-reactive ketones (excluding diaryl/α,β-unsaturated/α-hetero) is 1. The van der Waals surface area contributed by atoms with Crippen LogP contribution in [-0.2, 0) is 0 Å². The van der Waals surface area contributed by atoms with Gasteiger partial charge < -0.3 is 0 Å². The second kappa shape index (κ2) is 6.09. The fraction of sp³-hybridized carbons (Fsp3) is 0.286. The van der Waals surface area contributed by atoms with E-state index in [4.69, 9.17) is 0 Å². The molecule has 0 bridgehead atoms. The van der Waals surface area contributed by atoms with E-state index in [0.717, 1.165) is 0 Å². The molecule has 0 spiro atoms. The molecule has 1 aromatic heterocycles. The number of aromatic nitrogens is 1. The number of benzene rings is 1. The number of nitrogens with zero attached hydrogens (tertiary/aromatic N) is 1. The molecule has 0 fully saturated rings. The number of carbonyl (C=O) groups excluding carboxylic acids is 1. The number of pyridine rings is 1. The molecule has 0 aliphatic carbocycles. The van der Waals surface area contributed by atoms with Crippen molar-refractivity contribution in [3.8, 4) is 0 Å². The van der Waals surface area contributed by atoms with Crippen LogP contribution in [0.4, 0.5) is 4.39 Å². The van der Waals surface area contributed by atoms with Crippen molar-refractivity contribution < 1.29 is 9.18 Å². The number of ketones is 1. The number of carbonyl (C=O) groups is 1. The first-order chi connectivity index (χ1) is 8.22. The minimum absolute atomic E-state index is 0.0219. The second-order valence-electron chi connectivity index (χ2n) is 3.31. The summed E-state index contributed by atoms with van der Waals surface area (Å²) in [6.07, 6.45) is 1.86. The minimum Gasteiger partial charge on any atom is -0.294 e. The fourth-order valence-electron chi connectivity index (χ4n) is 1.48. The van der Waals surface area contributed by atoms with Gasteiger partial charge in [-0.15, -0.1) is 0 Å². The predicted molar refractivity (Wildman–Crippen MR) is 67.7 cm³/mol. The molecule has 0 aliphatic heterocycles. The molecule has 0 saturated heterocycles. The van der Waals surface area contributed by atoms with Gasteiger partial charge in [-0.25, -0.2) is 4.39 Å². The Balaban J connectivity index is 0.000000686. The molecule has 2 nitrogen and oxygen atoms in total. The van der Waals surface area contributed by atoms with Crippen LogP contribution in [0, 0.1) is 5.82 Å². The van der Waals surface area contributed by atoms with Gasteiger partial charge in [-0.05, 0) is 12.1 Å². The highest BCUT2D eigenvalue weighted by molar-refractivity contribution is 5.98. The van der Waals surface area contributed by atoms with Crippen LogP contribution >= 0.6 is 0 Å². The number of para-hydroxylation sites is 1. The molecule has 2 aromatic rings. The molecule has 3 heteroatoms. The van der Waals surface area contributed by atoms with Crippen LogP contribution in [0.2, 0.25) is 0 Å². The maximum atomic E-state index is 13.3. The summed E-state index contributed by atoms with van der Waals surface area (Å²) in [6, 6.07) is 6.39. The highest BCUT2D eigenvalue weighted by Crippen LogP contribution is 2.16. The van der Waals surface area contributed by atoms with Crippen molar-refractivity contribution >= 4 is 16.7 Å². The van der Waals surface area contributed by atoms with Crippen LogP contribution < -0.4 is 0 Å². The Labute approximate surface area is 100 Å². The van der Waals surface area contributed by atoms with Crippen LogP contribution in [-0.4, -0.2) is 10.8 Å². The molecule has 0 radical (unpaired) electrons. The third-order valence-corrected chi connectivity index (χ3v) is 2.30. The zero-order chi connectivity index (χ0) is 12.8. The smallest absolute Gasteiger partial charge is 0.164 e. The average Bonchev–Trinajstić information content (AvgIpc) is 2.40. The number of halogens is 1. The van der Waals surface area contributed by atoms with Crippen molar-refractivity contribution in [2.24, 2.45) is 0 Å². The minimum atomic E-state index is -0.358. The van der Waals surface area contributed by atoms with E-state index < -0.39 is 0 Å². The molecule has 1 heterocycles. The number of hydrogen-bond acceptors (Lipinski definition) is 2. The Morgan fingerprint density at radius 2 is 2.06 bits per heavy atom. The average molecular weight is 233 g/mol. The lowest BCUT2D eigenvalue weighted by Crippen LogP contribution is -1.97. The third kappa shape index (κ3) is 2.87. The van der Waals surface area contributed by atoms with Gasteiger partial charge in [0, 0.05) is 23.6 Å². The normalized spacial score (nSPS) is 9.65. The molecule has 17 heavy (non-hydrogen) atoms. The third-order valence-electron chi connectivity index (χ3n) is 2.30. The molecule has 0 saturated carbocycles. The van der Waals surface area contributed by atoms with Crippen LogP contribution in [0.5, 0.6) is 0 Å². The maximum Gasteiger partial charge on any atom is 0.164 e. The Kier molecular flexibility index (Phi) is 4.76. The summed E-state index contributed by atoms with van der Waals surface area (Å²) in [5, 5.41) is 0.661. The van der Waals surface area contributed by atoms with E-state index in [2.05, 4.69) is 4.98 Å². The van der Waals surface area contributed by atoms with Gasteiger partial charge >= 0.3 is 0 Å². The Morgan fingerprint density at radius 1 is 1.35 bits per heavy atom. The van der Waals surface area contributed by atoms with Crippen molar-refractivity contribution in [1.29, 1.82) is 0 Å². The molecule has 0 unspecified atom stereocenters. The van der Waals surface area contributed by atoms with Gasteiger partial charge in [0.25, 0.3) is 0 Å². The van der Waals surface area contributed by atoms with E-state index in [1.54, 1.807) is 25.1 Å². The van der Waals surface area contributed by atoms with Gasteiger partial charge in [0.1, 0.15) is 11.3 Å². The van der Waals surface area contributed by atoms with Crippen molar-refractivity contribution in [3.63, 3.8) is 0 Å². The van der Waals surface area contributed by atoms with Crippen molar-refractivity contribution in [1.82, 2.24) is 4.98 Å². The summed E-state index contributed by atoms with van der Waals surface area (Å²) < 4.78 is 13.3. The summed E-state index contributed by atoms with van der Waals surface area (Å²) in [5.41, 5.74) is 0.848. The van der Waals surface area contributed by atoms with Gasteiger partial charge in [0.05, 0.1) is 0 Å². The van der Waals surface area contributed by atoms with Gasteiger partial charge in [-0.1, -0.05) is 32.9 Å². The van der Waals surface area contributed by atoms with E-state index >= 15 is 0 Å². The zero-order valence-corrected chi connectivity index (χ0v) is 10.3. The van der Waals surface area contributed by atoms with Crippen LogP contribution in [0.15, 0.2) is 30.5 Å². The monoisotopic (exact) mass is 233 g/mol. The molecule has 90 valence electrons. The Morgan fingerprint density at radius 3 is 2.71 bits per heavy atom. The molecule has 0 amide bonds. The Bertz CT molecular complexity index is 523. The van der Waals surface area contributed by atoms with Gasteiger partial charge in [-0.2, -0.15) is 0 Å². The molecule has 0 N–H and O–H groups in total. The molecule has 2 rings (SSSR count). The van der Waals surface area contributed by atoms with Crippen LogP contribution in [0.1, 0.15) is 37.6 Å². The maximum absolute atomic E-state index is 13.3. The van der Waals surface area contributed by atoms with Crippen LogP contribution in [0.25, 0.3) is 10.9 Å². The molecular formula is C14H16FNO. The first-order valence-corrected chi connectivity index (χ1v) is 5.80. The number of hydrogen-bond donors (Lipinski definition) is 0. The zero-order valence-electron chi connectivity index (χ0n) is 10.3. The summed E-state index contributed by atoms with van der Waals surface area (Å²) in [6.45, 7) is 5.79. The van der Waals surface area contributed by atoms with E-state index in [-0.39, 0.29) is 11.6 Å². The summed E-state index contributed by atoms with van der Waals surface area (Å²) >= 11 is 0. The fourth-order valence-corrected chi connectivity index (χ4v) is 1.48. The molecular weight excluding hydrogens is 217 g/mol. The lowest BCUT2D eigenvalue weighted by molar-refractivity contribution is 0.0988. The Hall–Kier alpha value is -1.77. The highest BCUT2D eigenvalue weighted by Gasteiger charge is 2.06. The summed E-state index contributed by atoms with van der Waals surface area (Å²) in [4.78, 5) is 15.4. The second-order valence-corrected chi connectivity index (χ2v) is 3.31. The SMILES string of the molecule is CC.CCC(=O)c1cnc2c(F)cccc2c1. The quantitative estimate of drug-likeness (QED) is 0.734. The lowest BCUT2D eigenvalue weighted by atomic mass is 10.1. The van der Waals surface area contributed by atoms with E-state index in [0.29, 0.717) is 22.9 Å². The number of fused-ring (bicyclic) bond motifs is 1. The first-order valence-electron chi connectivity index (χ1n) is 5.80. The largest absolute Gasteiger partial charge is 0.294 e. The topological polar surface area (TPSA) is 30.0 Å². The molecule has 0 aliphatic rings. The molecule has 0 atom stereocenters. The molecule has 1 aromatic carbocycles. The van der Waals surface area contributed by atoms with Crippen LogP contribution in [0.3, 0.4) is 0 Å². The standard InChI is InChI=1S/C12H10FNO.C2H6/c1-2-11(15)9-6-8-4-3-5-10(13)12(8)14-7-9;1-2/h3-7H,2H2,1H3;1-2H3. The van der Waals surface area contributed by atoms with E-state index in [1.165, 1.54) is 12.3 Å². The van der Waals surface area contributed by atoms with Gasteiger partial charge in [-0.3, -0.25) is 9.78 Å². The lowest BCUT2D eigenvalue weighted by Gasteiger charge is -2.01. The summed E-state index contributed by atoms with van der Waals surface area (Å²) in [7, 11) is 0. The highest BCUT2D eigenvalue weighted by atomic mass is 19.1. The first kappa shape index (κ1) is 13.3.